The minimum absolute atomic E-state index is 0.137. The molecule has 1 amide bonds. The summed E-state index contributed by atoms with van der Waals surface area (Å²) in [7, 11) is 0. The second-order valence-electron chi connectivity index (χ2n) is 6.28. The van der Waals surface area contributed by atoms with E-state index in [1.807, 2.05) is 12.1 Å². The maximum absolute atomic E-state index is 12.2. The number of carbonyl (C=O) groups excluding carboxylic acids is 1. The van der Waals surface area contributed by atoms with Crippen molar-refractivity contribution in [3.05, 3.63) is 57.8 Å². The molecular weight excluding hydrogens is 359 g/mol. The smallest absolute Gasteiger partial charge is 0.267 e. The van der Waals surface area contributed by atoms with E-state index in [9.17, 15) is 9.90 Å². The van der Waals surface area contributed by atoms with Crippen molar-refractivity contribution in [2.75, 3.05) is 0 Å². The highest BCUT2D eigenvalue weighted by atomic mass is 35.5. The van der Waals surface area contributed by atoms with Crippen LogP contribution in [0.4, 0.5) is 0 Å². The van der Waals surface area contributed by atoms with Crippen molar-refractivity contribution >= 4 is 29.1 Å². The van der Waals surface area contributed by atoms with E-state index in [0.29, 0.717) is 28.7 Å². The molecule has 1 fully saturated rings. The molecule has 130 valence electrons. The molecule has 1 aliphatic carbocycles. The fourth-order valence-electron chi connectivity index (χ4n) is 3.01. The van der Waals surface area contributed by atoms with E-state index < -0.39 is 5.60 Å². The van der Waals surface area contributed by atoms with Gasteiger partial charge in [-0.3, -0.25) is 4.79 Å². The van der Waals surface area contributed by atoms with Crippen LogP contribution in [0.3, 0.4) is 0 Å². The topological polar surface area (TPSA) is 65.1 Å². The monoisotopic (exact) mass is 376 g/mol. The van der Waals surface area contributed by atoms with Gasteiger partial charge < -0.3 is 15.4 Å². The number of carbonyl (C=O) groups is 1. The van der Waals surface area contributed by atoms with Gasteiger partial charge in [0, 0.05) is 23.0 Å². The van der Waals surface area contributed by atoms with E-state index in [1.165, 1.54) is 0 Å². The van der Waals surface area contributed by atoms with Crippen molar-refractivity contribution in [3.63, 3.8) is 0 Å². The fraction of sp³-hybridized carbons (Fsp3) is 0.316. The van der Waals surface area contributed by atoms with Crippen molar-refractivity contribution in [3.8, 4) is 11.8 Å². The first kappa shape index (κ1) is 17.9. The Morgan fingerprint density at radius 3 is 2.88 bits per heavy atom. The fourth-order valence-corrected chi connectivity index (χ4v) is 3.36. The molecule has 2 aromatic rings. The molecule has 1 unspecified atom stereocenters. The highest BCUT2D eigenvalue weighted by Crippen LogP contribution is 2.28. The molecule has 0 radical (unpaired) electrons. The molecule has 3 N–H and O–H groups in total. The molecule has 0 bridgehead atoms. The first-order chi connectivity index (χ1) is 11.9. The summed E-state index contributed by atoms with van der Waals surface area (Å²) in [6.45, 7) is 0. The highest BCUT2D eigenvalue weighted by molar-refractivity contribution is 6.30. The summed E-state index contributed by atoms with van der Waals surface area (Å²) in [5.41, 5.74) is 0.0450. The van der Waals surface area contributed by atoms with Crippen LogP contribution in [0.5, 0.6) is 0 Å². The molecule has 3 rings (SSSR count). The second-order valence-corrected chi connectivity index (χ2v) is 7.12. The Balaban J connectivity index is 1.67. The summed E-state index contributed by atoms with van der Waals surface area (Å²) in [6, 6.07) is 10.3. The first-order valence-electron chi connectivity index (χ1n) is 8.10. The van der Waals surface area contributed by atoms with E-state index in [-0.39, 0.29) is 11.9 Å². The average Bonchev–Trinajstić information content (AvgIpc) is 3.00. The summed E-state index contributed by atoms with van der Waals surface area (Å²) < 4.78 is 0. The zero-order valence-corrected chi connectivity index (χ0v) is 15.0. The third-order valence-electron chi connectivity index (χ3n) is 4.22. The van der Waals surface area contributed by atoms with Crippen LogP contribution in [0, 0.1) is 11.8 Å². The van der Waals surface area contributed by atoms with Crippen LogP contribution < -0.4 is 5.32 Å². The lowest BCUT2D eigenvalue weighted by atomic mass is 9.82. The predicted octanol–water partition coefficient (Wildman–Crippen LogP) is 3.78. The van der Waals surface area contributed by atoms with Crippen LogP contribution in [0.2, 0.25) is 10.2 Å². The number of nitrogens with one attached hydrogen (secondary N) is 2. The molecule has 4 nitrogen and oxygen atoms in total. The molecule has 1 aromatic heterocycles. The molecule has 1 saturated carbocycles. The molecule has 25 heavy (non-hydrogen) atoms. The molecule has 0 aliphatic heterocycles. The zero-order chi connectivity index (χ0) is 17.9. The maximum atomic E-state index is 12.2. The molecule has 1 heterocycles. The van der Waals surface area contributed by atoms with Gasteiger partial charge in [0.1, 0.15) is 16.4 Å². The van der Waals surface area contributed by atoms with Crippen LogP contribution in [-0.2, 0) is 0 Å². The van der Waals surface area contributed by atoms with Crippen molar-refractivity contribution in [2.45, 2.75) is 37.3 Å². The summed E-state index contributed by atoms with van der Waals surface area (Å²) in [6.07, 6.45) is 2.57. The van der Waals surface area contributed by atoms with Crippen LogP contribution in [0.1, 0.15) is 41.7 Å². The Kier molecular flexibility index (Phi) is 5.39. The predicted molar refractivity (Wildman–Crippen MR) is 98.8 cm³/mol. The summed E-state index contributed by atoms with van der Waals surface area (Å²) in [4.78, 5) is 15.0. The quantitative estimate of drug-likeness (QED) is 0.698. The van der Waals surface area contributed by atoms with Gasteiger partial charge in [-0.15, -0.1) is 0 Å². The number of hydrogen-bond donors (Lipinski definition) is 3. The summed E-state index contributed by atoms with van der Waals surface area (Å²) in [5.74, 6) is 5.71. The van der Waals surface area contributed by atoms with Crippen LogP contribution in [0.25, 0.3) is 0 Å². The molecule has 1 aliphatic rings. The zero-order valence-electron chi connectivity index (χ0n) is 13.5. The molecule has 2 atom stereocenters. The minimum atomic E-state index is -1.12. The van der Waals surface area contributed by atoms with Gasteiger partial charge in [-0.25, -0.2) is 0 Å². The number of H-pyrrole nitrogens is 1. The SMILES string of the molecule is O=C(N[C@@H]1CCCC(O)(C#Cc2cccc(Cl)c2)C1)c1ccc(Cl)[nH]1. The lowest BCUT2D eigenvalue weighted by Gasteiger charge is -2.33. The van der Waals surface area contributed by atoms with Gasteiger partial charge in [0.15, 0.2) is 0 Å². The van der Waals surface area contributed by atoms with Gasteiger partial charge in [0.2, 0.25) is 0 Å². The van der Waals surface area contributed by atoms with Crippen molar-refractivity contribution in [1.29, 1.82) is 0 Å². The van der Waals surface area contributed by atoms with E-state index in [0.717, 1.165) is 18.4 Å². The maximum Gasteiger partial charge on any atom is 0.267 e. The number of amides is 1. The Morgan fingerprint density at radius 1 is 1.32 bits per heavy atom. The van der Waals surface area contributed by atoms with Gasteiger partial charge in [0.25, 0.3) is 5.91 Å². The third kappa shape index (κ3) is 4.79. The van der Waals surface area contributed by atoms with Crippen molar-refractivity contribution < 1.29 is 9.90 Å². The van der Waals surface area contributed by atoms with E-state index in [4.69, 9.17) is 23.2 Å². The number of halogens is 2. The van der Waals surface area contributed by atoms with Crippen LogP contribution in [0.15, 0.2) is 36.4 Å². The Labute approximate surface area is 156 Å². The highest BCUT2D eigenvalue weighted by Gasteiger charge is 2.33. The van der Waals surface area contributed by atoms with Crippen molar-refractivity contribution in [2.24, 2.45) is 0 Å². The van der Waals surface area contributed by atoms with Crippen LogP contribution >= 0.6 is 23.2 Å². The number of benzene rings is 1. The minimum Gasteiger partial charge on any atom is -0.378 e. The summed E-state index contributed by atoms with van der Waals surface area (Å²) >= 11 is 11.8. The van der Waals surface area contributed by atoms with Gasteiger partial charge in [-0.05, 0) is 49.6 Å². The van der Waals surface area contributed by atoms with Gasteiger partial charge in [-0.2, -0.15) is 0 Å². The number of aromatic amines is 1. The molecule has 1 aromatic carbocycles. The van der Waals surface area contributed by atoms with Crippen LogP contribution in [-0.4, -0.2) is 27.6 Å². The summed E-state index contributed by atoms with van der Waals surface area (Å²) in [5, 5.41) is 14.7. The van der Waals surface area contributed by atoms with Crippen molar-refractivity contribution in [1.82, 2.24) is 10.3 Å². The Bertz CT molecular complexity index is 837. The van der Waals surface area contributed by atoms with E-state index >= 15 is 0 Å². The normalized spacial score (nSPS) is 22.8. The molecule has 0 spiro atoms. The first-order valence-corrected chi connectivity index (χ1v) is 8.86. The third-order valence-corrected chi connectivity index (χ3v) is 4.68. The molecular formula is C19H18Cl2N2O2. The lowest BCUT2D eigenvalue weighted by Crippen LogP contribution is -2.45. The Hall–Kier alpha value is -1.93. The molecule has 0 saturated heterocycles. The van der Waals surface area contributed by atoms with E-state index in [1.54, 1.807) is 24.3 Å². The van der Waals surface area contributed by atoms with Gasteiger partial charge in [-0.1, -0.05) is 41.1 Å². The van der Waals surface area contributed by atoms with Gasteiger partial charge >= 0.3 is 0 Å². The molecule has 6 heteroatoms. The average molecular weight is 377 g/mol. The standard InChI is InChI=1S/C19H18Cl2N2O2/c20-14-4-1-3-13(11-14)8-10-19(25)9-2-5-15(12-19)22-18(24)16-6-7-17(21)23-16/h1,3-4,6-7,11,15,23,25H,2,5,9,12H2,(H,22,24)/t15-,19?/m1/s1. The number of hydrogen-bond acceptors (Lipinski definition) is 2. The lowest BCUT2D eigenvalue weighted by molar-refractivity contribution is 0.0451. The number of aromatic nitrogens is 1. The number of rotatable bonds is 2. The van der Waals surface area contributed by atoms with E-state index in [2.05, 4.69) is 22.1 Å². The number of aliphatic hydroxyl groups is 1. The van der Waals surface area contributed by atoms with Gasteiger partial charge in [0.05, 0.1) is 0 Å². The Morgan fingerprint density at radius 2 is 2.16 bits per heavy atom. The largest absolute Gasteiger partial charge is 0.378 e. The second kappa shape index (κ2) is 7.53.